The van der Waals surface area contributed by atoms with E-state index in [4.69, 9.17) is 15.8 Å². The number of carboxylic acids is 1. The molecule has 0 aromatic carbocycles. The van der Waals surface area contributed by atoms with Crippen LogP contribution in [0.5, 0.6) is 0 Å². The molecule has 0 amide bonds. The molecule has 0 aliphatic rings. The second-order valence-corrected chi connectivity index (χ2v) is 5.09. The Morgan fingerprint density at radius 3 is 2.71 bits per heavy atom. The summed E-state index contributed by atoms with van der Waals surface area (Å²) in [7, 11) is 1.26. The summed E-state index contributed by atoms with van der Waals surface area (Å²) in [4.78, 5) is 10.1. The van der Waals surface area contributed by atoms with Crippen LogP contribution in [-0.4, -0.2) is 29.3 Å². The monoisotopic (exact) mass is 238 g/mol. The molecule has 0 aliphatic heterocycles. The van der Waals surface area contributed by atoms with Gasteiger partial charge in [0.25, 0.3) is 9.05 Å². The summed E-state index contributed by atoms with van der Waals surface area (Å²) in [5, 5.41) is 12.0. The fourth-order valence-electron chi connectivity index (χ4n) is 0.803. The molecule has 1 aromatic heterocycles. The van der Waals surface area contributed by atoms with E-state index in [1.165, 1.54) is 10.9 Å². The highest BCUT2D eigenvalue weighted by Gasteiger charge is 2.12. The molecule has 0 spiro atoms. The van der Waals surface area contributed by atoms with E-state index in [1.807, 2.05) is 0 Å². The Balaban J connectivity index is 2.74. The first-order valence-corrected chi connectivity index (χ1v) is 5.89. The maximum atomic E-state index is 10.8. The standard InChI is InChI=1S/C6H7ClN2O4S/c7-14(12,13)5-3-8-9(4-5)2-1-6(10)11/h3-4H,1-2H2,(H,10,11). The summed E-state index contributed by atoms with van der Waals surface area (Å²) in [5.74, 6) is -0.976. The number of rotatable bonds is 4. The van der Waals surface area contributed by atoms with Gasteiger partial charge in [-0.2, -0.15) is 5.10 Å². The van der Waals surface area contributed by atoms with Crippen LogP contribution in [0.2, 0.25) is 0 Å². The van der Waals surface area contributed by atoms with Gasteiger partial charge in [0.05, 0.1) is 19.2 Å². The zero-order valence-corrected chi connectivity index (χ0v) is 8.49. The first kappa shape index (κ1) is 11.0. The van der Waals surface area contributed by atoms with E-state index in [0.29, 0.717) is 0 Å². The zero-order chi connectivity index (χ0) is 10.8. The number of aromatic nitrogens is 2. The van der Waals surface area contributed by atoms with Gasteiger partial charge in [0, 0.05) is 16.9 Å². The molecule has 0 atom stereocenters. The summed E-state index contributed by atoms with van der Waals surface area (Å²) in [5.41, 5.74) is 0. The number of carboxylic acid groups (broad SMARTS) is 1. The second kappa shape index (κ2) is 3.97. The molecule has 0 radical (unpaired) electrons. The average molecular weight is 239 g/mol. The van der Waals surface area contributed by atoms with Crippen LogP contribution >= 0.6 is 10.7 Å². The molecule has 1 N–H and O–H groups in total. The van der Waals surface area contributed by atoms with Crippen molar-refractivity contribution in [3.63, 3.8) is 0 Å². The Bertz CT molecular complexity index is 438. The molecule has 6 nitrogen and oxygen atoms in total. The molecule has 0 aliphatic carbocycles. The van der Waals surface area contributed by atoms with E-state index in [2.05, 4.69) is 5.10 Å². The molecule has 78 valence electrons. The van der Waals surface area contributed by atoms with Crippen molar-refractivity contribution < 1.29 is 18.3 Å². The molecule has 1 aromatic rings. The van der Waals surface area contributed by atoms with Crippen molar-refractivity contribution in [1.82, 2.24) is 9.78 Å². The van der Waals surface area contributed by atoms with Gasteiger partial charge in [0.1, 0.15) is 4.90 Å². The predicted octanol–water partition coefficient (Wildman–Crippen LogP) is 0.285. The van der Waals surface area contributed by atoms with E-state index in [1.54, 1.807) is 0 Å². The van der Waals surface area contributed by atoms with Crippen molar-refractivity contribution in [2.45, 2.75) is 17.9 Å². The van der Waals surface area contributed by atoms with Gasteiger partial charge < -0.3 is 5.11 Å². The van der Waals surface area contributed by atoms with E-state index >= 15 is 0 Å². The first-order valence-electron chi connectivity index (χ1n) is 3.58. The summed E-state index contributed by atoms with van der Waals surface area (Å²) in [6.07, 6.45) is 2.14. The van der Waals surface area contributed by atoms with Crippen molar-refractivity contribution in [2.75, 3.05) is 0 Å². The highest BCUT2D eigenvalue weighted by molar-refractivity contribution is 8.13. The van der Waals surface area contributed by atoms with Crippen LogP contribution in [0.15, 0.2) is 17.3 Å². The maximum absolute atomic E-state index is 10.8. The molecule has 8 heteroatoms. The van der Waals surface area contributed by atoms with E-state index in [0.717, 1.165) is 6.20 Å². The van der Waals surface area contributed by atoms with Crippen LogP contribution in [-0.2, 0) is 20.4 Å². The molecule has 14 heavy (non-hydrogen) atoms. The zero-order valence-electron chi connectivity index (χ0n) is 6.92. The quantitative estimate of drug-likeness (QED) is 0.762. The highest BCUT2D eigenvalue weighted by atomic mass is 35.7. The fourth-order valence-corrected chi connectivity index (χ4v) is 1.46. The van der Waals surface area contributed by atoms with Crippen LogP contribution in [0.1, 0.15) is 6.42 Å². The topological polar surface area (TPSA) is 89.3 Å². The first-order chi connectivity index (χ1) is 6.39. The van der Waals surface area contributed by atoms with Crippen molar-refractivity contribution in [2.24, 2.45) is 0 Å². The number of hydrogen-bond acceptors (Lipinski definition) is 4. The lowest BCUT2D eigenvalue weighted by Crippen LogP contribution is -2.04. The molecule has 0 unspecified atom stereocenters. The van der Waals surface area contributed by atoms with Crippen molar-refractivity contribution in [3.8, 4) is 0 Å². The number of aryl methyl sites for hydroxylation is 1. The number of nitrogens with zero attached hydrogens (tertiary/aromatic N) is 2. The Morgan fingerprint density at radius 2 is 2.29 bits per heavy atom. The maximum Gasteiger partial charge on any atom is 0.305 e. The van der Waals surface area contributed by atoms with Crippen molar-refractivity contribution >= 4 is 25.7 Å². The molecular weight excluding hydrogens is 232 g/mol. The molecular formula is C6H7ClN2O4S. The van der Waals surface area contributed by atoms with E-state index < -0.39 is 15.0 Å². The van der Waals surface area contributed by atoms with E-state index in [9.17, 15) is 13.2 Å². The second-order valence-electron chi connectivity index (χ2n) is 2.52. The van der Waals surface area contributed by atoms with Crippen LogP contribution in [0, 0.1) is 0 Å². The lowest BCUT2D eigenvalue weighted by Gasteiger charge is -1.95. The number of carbonyl (C=O) groups is 1. The summed E-state index contributed by atoms with van der Waals surface area (Å²) >= 11 is 0. The molecule has 1 heterocycles. The third-order valence-electron chi connectivity index (χ3n) is 1.45. The molecule has 0 bridgehead atoms. The molecule has 0 saturated carbocycles. The van der Waals surface area contributed by atoms with Gasteiger partial charge in [-0.1, -0.05) is 0 Å². The van der Waals surface area contributed by atoms with Crippen molar-refractivity contribution in [3.05, 3.63) is 12.4 Å². The van der Waals surface area contributed by atoms with Crippen LogP contribution < -0.4 is 0 Å². The highest BCUT2D eigenvalue weighted by Crippen LogP contribution is 2.12. The third-order valence-corrected chi connectivity index (χ3v) is 2.75. The average Bonchev–Trinajstić information content (AvgIpc) is 2.47. The summed E-state index contributed by atoms with van der Waals surface area (Å²) in [6, 6.07) is 0. The van der Waals surface area contributed by atoms with Gasteiger partial charge in [-0.3, -0.25) is 9.48 Å². The Kier molecular flexibility index (Phi) is 3.12. The van der Waals surface area contributed by atoms with Gasteiger partial charge in [-0.25, -0.2) is 8.42 Å². The van der Waals surface area contributed by atoms with Gasteiger partial charge in [0.2, 0.25) is 0 Å². The molecule has 0 saturated heterocycles. The molecule has 0 fully saturated rings. The third kappa shape index (κ3) is 3.00. The van der Waals surface area contributed by atoms with Gasteiger partial charge >= 0.3 is 5.97 Å². The Hall–Kier alpha value is -1.08. The largest absolute Gasteiger partial charge is 0.481 e. The normalized spacial score (nSPS) is 11.5. The van der Waals surface area contributed by atoms with Crippen molar-refractivity contribution in [1.29, 1.82) is 0 Å². The number of hydrogen-bond donors (Lipinski definition) is 1. The number of halogens is 1. The van der Waals surface area contributed by atoms with Crippen LogP contribution in [0.3, 0.4) is 0 Å². The predicted molar refractivity (Wildman–Crippen MR) is 47.5 cm³/mol. The fraction of sp³-hybridized carbons (Fsp3) is 0.333. The Morgan fingerprint density at radius 1 is 1.64 bits per heavy atom. The van der Waals surface area contributed by atoms with E-state index in [-0.39, 0.29) is 17.9 Å². The van der Waals surface area contributed by atoms with Crippen LogP contribution in [0.25, 0.3) is 0 Å². The number of aliphatic carboxylic acids is 1. The smallest absolute Gasteiger partial charge is 0.305 e. The Labute approximate surface area is 84.5 Å². The van der Waals surface area contributed by atoms with Gasteiger partial charge in [0.15, 0.2) is 0 Å². The molecule has 1 rings (SSSR count). The summed E-state index contributed by atoms with van der Waals surface area (Å²) in [6.45, 7) is 0.113. The lowest BCUT2D eigenvalue weighted by atomic mass is 10.4. The minimum Gasteiger partial charge on any atom is -0.481 e. The minimum absolute atomic E-state index is 0.113. The SMILES string of the molecule is O=C(O)CCn1cc(S(=O)(=O)Cl)cn1. The van der Waals surface area contributed by atoms with Gasteiger partial charge in [-0.05, 0) is 0 Å². The van der Waals surface area contributed by atoms with Crippen LogP contribution in [0.4, 0.5) is 0 Å². The summed E-state index contributed by atoms with van der Waals surface area (Å²) < 4.78 is 22.8. The van der Waals surface area contributed by atoms with Gasteiger partial charge in [-0.15, -0.1) is 0 Å². The minimum atomic E-state index is -3.78. The lowest BCUT2D eigenvalue weighted by molar-refractivity contribution is -0.137.